The monoisotopic (exact) mass is 268 g/mol. The lowest BCUT2D eigenvalue weighted by Gasteiger charge is -2.19. The molecule has 0 radical (unpaired) electrons. The molecule has 0 aromatic heterocycles. The molecule has 0 unspecified atom stereocenters. The highest BCUT2D eigenvalue weighted by atomic mass is 16.5. The van der Waals surface area contributed by atoms with Crippen LogP contribution >= 0.6 is 0 Å². The van der Waals surface area contributed by atoms with Crippen molar-refractivity contribution >= 4 is 0 Å². The van der Waals surface area contributed by atoms with Crippen LogP contribution in [0, 0.1) is 0 Å². The second kappa shape index (κ2) is 7.86. The minimum Gasteiger partial charge on any atom is -0.496 e. The van der Waals surface area contributed by atoms with Gasteiger partial charge in [0.2, 0.25) is 0 Å². The Morgan fingerprint density at radius 3 is 2.11 bits per heavy atom. The Labute approximate surface area is 115 Å². The van der Waals surface area contributed by atoms with E-state index in [0.717, 1.165) is 30.8 Å². The summed E-state index contributed by atoms with van der Waals surface area (Å²) in [6.07, 6.45) is 0.978. The molecule has 1 aromatic rings. The third-order valence-electron chi connectivity index (χ3n) is 2.97. The third kappa shape index (κ3) is 4.29. The summed E-state index contributed by atoms with van der Waals surface area (Å²) in [5, 5.41) is 0. The van der Waals surface area contributed by atoms with Crippen LogP contribution in [0.5, 0.6) is 17.2 Å². The molecular formula is C14H24N2O3. The molecule has 1 aromatic carbocycles. The van der Waals surface area contributed by atoms with Crippen LogP contribution in [-0.4, -0.2) is 46.4 Å². The maximum Gasteiger partial charge on any atom is 0.164 e. The highest BCUT2D eigenvalue weighted by Crippen LogP contribution is 2.35. The predicted molar refractivity (Wildman–Crippen MR) is 76.1 cm³/mol. The molecule has 0 saturated carbocycles. The zero-order valence-electron chi connectivity index (χ0n) is 12.2. The fraction of sp³-hybridized carbons (Fsp3) is 0.571. The lowest BCUT2D eigenvalue weighted by Crippen LogP contribution is -2.21. The number of hydrogen-bond acceptors (Lipinski definition) is 5. The maximum atomic E-state index is 5.52. The van der Waals surface area contributed by atoms with Crippen molar-refractivity contribution in [3.63, 3.8) is 0 Å². The molecule has 0 atom stereocenters. The predicted octanol–water partition coefficient (Wildman–Crippen LogP) is 1.49. The largest absolute Gasteiger partial charge is 0.496 e. The number of hydrogen-bond donors (Lipinski definition) is 1. The molecule has 0 spiro atoms. The van der Waals surface area contributed by atoms with Gasteiger partial charge in [-0.05, 0) is 32.6 Å². The Kier molecular flexibility index (Phi) is 6.45. The first-order valence-corrected chi connectivity index (χ1v) is 6.33. The van der Waals surface area contributed by atoms with Crippen molar-refractivity contribution in [2.45, 2.75) is 13.0 Å². The van der Waals surface area contributed by atoms with Gasteiger partial charge < -0.3 is 24.8 Å². The van der Waals surface area contributed by atoms with Crippen molar-refractivity contribution in [3.8, 4) is 17.2 Å². The Morgan fingerprint density at radius 2 is 1.58 bits per heavy atom. The Hall–Kier alpha value is -1.46. The second-order valence-corrected chi connectivity index (χ2v) is 4.40. The van der Waals surface area contributed by atoms with Crippen molar-refractivity contribution in [3.05, 3.63) is 17.7 Å². The summed E-state index contributed by atoms with van der Waals surface area (Å²) in [4.78, 5) is 2.20. The summed E-state index contributed by atoms with van der Waals surface area (Å²) in [6, 6.07) is 3.81. The Bertz CT molecular complexity index is 397. The average Bonchev–Trinajstić information content (AvgIpc) is 2.44. The molecule has 0 aliphatic rings. The third-order valence-corrected chi connectivity index (χ3v) is 2.97. The number of methoxy groups -OCH3 is 3. The van der Waals surface area contributed by atoms with Crippen LogP contribution in [0.4, 0.5) is 0 Å². The molecule has 0 fully saturated rings. The SMILES string of the molecule is COc1cc(OC)c(OC)cc1CN(C)CCCN. The van der Waals surface area contributed by atoms with Crippen LogP contribution < -0.4 is 19.9 Å². The summed E-state index contributed by atoms with van der Waals surface area (Å²) < 4.78 is 16.0. The molecule has 0 heterocycles. The fourth-order valence-corrected chi connectivity index (χ4v) is 1.95. The number of rotatable bonds is 8. The molecule has 108 valence electrons. The summed E-state index contributed by atoms with van der Waals surface area (Å²) in [7, 11) is 6.97. The van der Waals surface area contributed by atoms with Crippen molar-refractivity contribution in [1.29, 1.82) is 0 Å². The topological polar surface area (TPSA) is 57.0 Å². The van der Waals surface area contributed by atoms with Crippen molar-refractivity contribution in [2.75, 3.05) is 41.5 Å². The van der Waals surface area contributed by atoms with E-state index in [4.69, 9.17) is 19.9 Å². The van der Waals surface area contributed by atoms with E-state index in [2.05, 4.69) is 11.9 Å². The van der Waals surface area contributed by atoms with Gasteiger partial charge in [0.1, 0.15) is 5.75 Å². The molecular weight excluding hydrogens is 244 g/mol. The van der Waals surface area contributed by atoms with Crippen LogP contribution in [0.15, 0.2) is 12.1 Å². The summed E-state index contributed by atoms with van der Waals surface area (Å²) in [6.45, 7) is 2.44. The molecule has 1 rings (SSSR count). The van der Waals surface area contributed by atoms with E-state index in [1.165, 1.54) is 0 Å². The zero-order valence-corrected chi connectivity index (χ0v) is 12.2. The van der Waals surface area contributed by atoms with Gasteiger partial charge in [-0.2, -0.15) is 0 Å². The number of ether oxygens (including phenoxy) is 3. The molecule has 0 aliphatic carbocycles. The first kappa shape index (κ1) is 15.6. The number of nitrogens with zero attached hydrogens (tertiary/aromatic N) is 1. The van der Waals surface area contributed by atoms with E-state index in [-0.39, 0.29) is 0 Å². The molecule has 0 saturated heterocycles. The standard InChI is InChI=1S/C14H24N2O3/c1-16(7-5-6-15)10-11-8-13(18-3)14(19-4)9-12(11)17-2/h8-9H,5-7,10,15H2,1-4H3. The van der Waals surface area contributed by atoms with Crippen molar-refractivity contribution in [1.82, 2.24) is 4.90 Å². The zero-order chi connectivity index (χ0) is 14.3. The lowest BCUT2D eigenvalue weighted by molar-refractivity contribution is 0.310. The quantitative estimate of drug-likeness (QED) is 0.774. The minimum atomic E-state index is 0.674. The number of benzene rings is 1. The van der Waals surface area contributed by atoms with Gasteiger partial charge in [-0.15, -0.1) is 0 Å². The van der Waals surface area contributed by atoms with E-state index in [1.807, 2.05) is 12.1 Å². The molecule has 0 aliphatic heterocycles. The van der Waals surface area contributed by atoms with Gasteiger partial charge in [0.05, 0.1) is 21.3 Å². The Balaban J connectivity index is 2.92. The van der Waals surface area contributed by atoms with Crippen LogP contribution in [0.3, 0.4) is 0 Å². The van der Waals surface area contributed by atoms with Crippen LogP contribution in [0.1, 0.15) is 12.0 Å². The highest BCUT2D eigenvalue weighted by Gasteiger charge is 2.13. The van der Waals surface area contributed by atoms with Gasteiger partial charge in [-0.25, -0.2) is 0 Å². The fourth-order valence-electron chi connectivity index (χ4n) is 1.95. The molecule has 5 heteroatoms. The van der Waals surface area contributed by atoms with Crippen LogP contribution in [-0.2, 0) is 6.54 Å². The first-order chi connectivity index (χ1) is 9.15. The van der Waals surface area contributed by atoms with Crippen LogP contribution in [0.2, 0.25) is 0 Å². The van der Waals surface area contributed by atoms with E-state index in [9.17, 15) is 0 Å². The molecule has 2 N–H and O–H groups in total. The van der Waals surface area contributed by atoms with Gasteiger partial charge in [-0.1, -0.05) is 0 Å². The molecule has 0 amide bonds. The van der Waals surface area contributed by atoms with Gasteiger partial charge in [0.25, 0.3) is 0 Å². The second-order valence-electron chi connectivity index (χ2n) is 4.40. The maximum absolute atomic E-state index is 5.52. The molecule has 19 heavy (non-hydrogen) atoms. The van der Waals surface area contributed by atoms with E-state index in [1.54, 1.807) is 21.3 Å². The van der Waals surface area contributed by atoms with E-state index in [0.29, 0.717) is 18.0 Å². The Morgan fingerprint density at radius 1 is 1.00 bits per heavy atom. The average molecular weight is 268 g/mol. The number of nitrogens with two attached hydrogens (primary N) is 1. The molecule has 5 nitrogen and oxygen atoms in total. The smallest absolute Gasteiger partial charge is 0.164 e. The summed E-state index contributed by atoms with van der Waals surface area (Å²) >= 11 is 0. The van der Waals surface area contributed by atoms with Gasteiger partial charge >= 0.3 is 0 Å². The summed E-state index contributed by atoms with van der Waals surface area (Å²) in [5.41, 5.74) is 6.59. The van der Waals surface area contributed by atoms with E-state index >= 15 is 0 Å². The van der Waals surface area contributed by atoms with Gasteiger partial charge in [0.15, 0.2) is 11.5 Å². The molecule has 0 bridgehead atoms. The highest BCUT2D eigenvalue weighted by molar-refractivity contribution is 5.50. The van der Waals surface area contributed by atoms with Gasteiger partial charge in [-0.3, -0.25) is 0 Å². The first-order valence-electron chi connectivity index (χ1n) is 6.33. The lowest BCUT2D eigenvalue weighted by atomic mass is 10.1. The van der Waals surface area contributed by atoms with E-state index < -0.39 is 0 Å². The van der Waals surface area contributed by atoms with Gasteiger partial charge in [0, 0.05) is 18.2 Å². The summed E-state index contributed by atoms with van der Waals surface area (Å²) in [5.74, 6) is 2.19. The van der Waals surface area contributed by atoms with Crippen LogP contribution in [0.25, 0.3) is 0 Å². The normalized spacial score (nSPS) is 10.6. The van der Waals surface area contributed by atoms with Crippen molar-refractivity contribution < 1.29 is 14.2 Å². The minimum absolute atomic E-state index is 0.674. The van der Waals surface area contributed by atoms with Crippen molar-refractivity contribution in [2.24, 2.45) is 5.73 Å².